The van der Waals surface area contributed by atoms with E-state index in [0.717, 1.165) is 19.0 Å². The maximum Gasteiger partial charge on any atom is 0.337 e. The number of ether oxygens (including phenoxy) is 1. The molecule has 0 saturated heterocycles. The van der Waals surface area contributed by atoms with Crippen LogP contribution < -0.4 is 0 Å². The van der Waals surface area contributed by atoms with Crippen molar-refractivity contribution >= 4 is 5.97 Å². The molecule has 0 amide bonds. The molecule has 98 valence electrons. The first-order chi connectivity index (χ1) is 8.72. The predicted octanol–water partition coefficient (Wildman–Crippen LogP) is 2.71. The zero-order valence-corrected chi connectivity index (χ0v) is 11.2. The van der Waals surface area contributed by atoms with Gasteiger partial charge in [0.2, 0.25) is 0 Å². The van der Waals surface area contributed by atoms with Gasteiger partial charge >= 0.3 is 5.97 Å². The lowest BCUT2D eigenvalue weighted by Crippen LogP contribution is -2.25. The zero-order valence-electron chi connectivity index (χ0n) is 11.2. The van der Waals surface area contributed by atoms with Gasteiger partial charge in [0.25, 0.3) is 0 Å². The van der Waals surface area contributed by atoms with Gasteiger partial charge in [-0.1, -0.05) is 19.1 Å². The number of nitrogens with zero attached hydrogens (tertiary/aromatic N) is 1. The molecule has 0 spiro atoms. The van der Waals surface area contributed by atoms with E-state index in [1.165, 1.54) is 32.1 Å². The lowest BCUT2D eigenvalue weighted by molar-refractivity contribution is 0.0600. The quantitative estimate of drug-likeness (QED) is 0.724. The average Bonchev–Trinajstić information content (AvgIpc) is 3.22. The summed E-state index contributed by atoms with van der Waals surface area (Å²) in [5.41, 5.74) is 1.87. The fraction of sp³-hybridized carbons (Fsp3) is 0.533. The molecule has 2 rings (SSSR count). The Morgan fingerprint density at radius 3 is 2.50 bits per heavy atom. The van der Waals surface area contributed by atoms with E-state index in [1.54, 1.807) is 0 Å². The summed E-state index contributed by atoms with van der Waals surface area (Å²) in [4.78, 5) is 13.8. The van der Waals surface area contributed by atoms with E-state index < -0.39 is 0 Å². The number of rotatable bonds is 6. The average molecular weight is 247 g/mol. The number of esters is 1. The van der Waals surface area contributed by atoms with E-state index in [1.807, 2.05) is 24.3 Å². The maximum absolute atomic E-state index is 11.3. The SMILES string of the molecule is CCN(Cc1ccc(C(=O)OC)cc1)CC1CC1. The van der Waals surface area contributed by atoms with Crippen LogP contribution in [0.25, 0.3) is 0 Å². The molecule has 0 aromatic heterocycles. The smallest absolute Gasteiger partial charge is 0.337 e. The Morgan fingerprint density at radius 2 is 2.00 bits per heavy atom. The molecule has 0 heterocycles. The lowest BCUT2D eigenvalue weighted by atomic mass is 10.1. The van der Waals surface area contributed by atoms with Gasteiger partial charge in [-0.05, 0) is 43.0 Å². The van der Waals surface area contributed by atoms with Gasteiger partial charge in [-0.3, -0.25) is 4.90 Å². The summed E-state index contributed by atoms with van der Waals surface area (Å²) in [7, 11) is 1.41. The molecule has 0 radical (unpaired) electrons. The first-order valence-corrected chi connectivity index (χ1v) is 6.62. The van der Waals surface area contributed by atoms with Crippen LogP contribution in [0.3, 0.4) is 0 Å². The first kappa shape index (κ1) is 13.1. The molecule has 1 aliphatic rings. The number of methoxy groups -OCH3 is 1. The molecule has 1 aromatic rings. The first-order valence-electron chi connectivity index (χ1n) is 6.62. The third-order valence-corrected chi connectivity index (χ3v) is 3.44. The molecule has 3 nitrogen and oxygen atoms in total. The van der Waals surface area contributed by atoms with Crippen LogP contribution in [0, 0.1) is 5.92 Å². The van der Waals surface area contributed by atoms with Crippen LogP contribution in [0.2, 0.25) is 0 Å². The summed E-state index contributed by atoms with van der Waals surface area (Å²) in [5.74, 6) is 0.645. The van der Waals surface area contributed by atoms with E-state index in [0.29, 0.717) is 5.56 Å². The van der Waals surface area contributed by atoms with Crippen molar-refractivity contribution in [1.82, 2.24) is 4.90 Å². The zero-order chi connectivity index (χ0) is 13.0. The summed E-state index contributed by atoms with van der Waals surface area (Å²) in [6, 6.07) is 7.71. The largest absolute Gasteiger partial charge is 0.465 e. The van der Waals surface area contributed by atoms with E-state index in [9.17, 15) is 4.79 Å². The highest BCUT2D eigenvalue weighted by Gasteiger charge is 2.23. The van der Waals surface area contributed by atoms with Gasteiger partial charge in [0.1, 0.15) is 0 Å². The molecular weight excluding hydrogens is 226 g/mol. The van der Waals surface area contributed by atoms with Gasteiger partial charge in [-0.25, -0.2) is 4.79 Å². The van der Waals surface area contributed by atoms with Crippen LogP contribution in [-0.4, -0.2) is 31.1 Å². The van der Waals surface area contributed by atoms with Crippen molar-refractivity contribution in [2.75, 3.05) is 20.2 Å². The second kappa shape index (κ2) is 6.01. The molecule has 0 atom stereocenters. The normalized spacial score (nSPS) is 14.8. The topological polar surface area (TPSA) is 29.5 Å². The third kappa shape index (κ3) is 3.57. The van der Waals surface area contributed by atoms with Crippen LogP contribution in [0.4, 0.5) is 0 Å². The molecule has 0 N–H and O–H groups in total. The maximum atomic E-state index is 11.3. The monoisotopic (exact) mass is 247 g/mol. The Kier molecular flexibility index (Phi) is 4.37. The Bertz CT molecular complexity index is 395. The molecule has 18 heavy (non-hydrogen) atoms. The summed E-state index contributed by atoms with van der Waals surface area (Å²) in [6.45, 7) is 5.45. The van der Waals surface area contributed by atoms with Gasteiger partial charge in [0, 0.05) is 13.1 Å². The second-order valence-electron chi connectivity index (χ2n) is 4.96. The molecule has 3 heteroatoms. The predicted molar refractivity (Wildman–Crippen MR) is 71.5 cm³/mol. The van der Waals surface area contributed by atoms with Crippen molar-refractivity contribution < 1.29 is 9.53 Å². The minimum absolute atomic E-state index is 0.271. The van der Waals surface area contributed by atoms with Gasteiger partial charge < -0.3 is 4.74 Å². The van der Waals surface area contributed by atoms with Crippen molar-refractivity contribution in [1.29, 1.82) is 0 Å². The minimum atomic E-state index is -0.271. The Balaban J connectivity index is 1.93. The minimum Gasteiger partial charge on any atom is -0.465 e. The third-order valence-electron chi connectivity index (χ3n) is 3.44. The van der Waals surface area contributed by atoms with Gasteiger partial charge in [-0.15, -0.1) is 0 Å². The molecule has 1 fully saturated rings. The van der Waals surface area contributed by atoms with Crippen molar-refractivity contribution in [2.24, 2.45) is 5.92 Å². The summed E-state index contributed by atoms with van der Waals surface area (Å²) < 4.78 is 4.69. The molecule has 0 bridgehead atoms. The fourth-order valence-electron chi connectivity index (χ4n) is 2.09. The van der Waals surface area contributed by atoms with Crippen LogP contribution in [0.5, 0.6) is 0 Å². The van der Waals surface area contributed by atoms with Crippen LogP contribution in [0.1, 0.15) is 35.7 Å². The van der Waals surface area contributed by atoms with Crippen molar-refractivity contribution in [3.05, 3.63) is 35.4 Å². The molecule has 0 unspecified atom stereocenters. The number of benzene rings is 1. The van der Waals surface area contributed by atoms with Crippen molar-refractivity contribution in [3.8, 4) is 0 Å². The number of hydrogen-bond acceptors (Lipinski definition) is 3. The molecule has 1 aliphatic carbocycles. The van der Waals surface area contributed by atoms with Gasteiger partial charge in [0.05, 0.1) is 12.7 Å². The Labute approximate surface area is 109 Å². The summed E-state index contributed by atoms with van der Waals surface area (Å²) >= 11 is 0. The van der Waals surface area contributed by atoms with Gasteiger partial charge in [-0.2, -0.15) is 0 Å². The number of hydrogen-bond donors (Lipinski definition) is 0. The summed E-state index contributed by atoms with van der Waals surface area (Å²) in [6.07, 6.45) is 2.77. The molecule has 1 saturated carbocycles. The summed E-state index contributed by atoms with van der Waals surface area (Å²) in [5, 5.41) is 0. The standard InChI is InChI=1S/C15H21NO2/c1-3-16(10-12-4-5-12)11-13-6-8-14(9-7-13)15(17)18-2/h6-9,12H,3-5,10-11H2,1-2H3. The molecule has 1 aromatic carbocycles. The second-order valence-corrected chi connectivity index (χ2v) is 4.96. The highest BCUT2D eigenvalue weighted by molar-refractivity contribution is 5.89. The van der Waals surface area contributed by atoms with Crippen LogP contribution >= 0.6 is 0 Å². The van der Waals surface area contributed by atoms with Gasteiger partial charge in [0.15, 0.2) is 0 Å². The highest BCUT2D eigenvalue weighted by atomic mass is 16.5. The molecular formula is C15H21NO2. The van der Waals surface area contributed by atoms with Crippen molar-refractivity contribution in [3.63, 3.8) is 0 Å². The lowest BCUT2D eigenvalue weighted by Gasteiger charge is -2.20. The van der Waals surface area contributed by atoms with E-state index in [-0.39, 0.29) is 5.97 Å². The number of carbonyl (C=O) groups excluding carboxylic acids is 1. The van der Waals surface area contributed by atoms with Crippen LogP contribution in [0.15, 0.2) is 24.3 Å². The Morgan fingerprint density at radius 1 is 1.33 bits per heavy atom. The van der Waals surface area contributed by atoms with E-state index >= 15 is 0 Å². The molecule has 0 aliphatic heterocycles. The highest BCUT2D eigenvalue weighted by Crippen LogP contribution is 2.30. The van der Waals surface area contributed by atoms with E-state index in [2.05, 4.69) is 16.6 Å². The fourth-order valence-corrected chi connectivity index (χ4v) is 2.09. The van der Waals surface area contributed by atoms with Crippen molar-refractivity contribution in [2.45, 2.75) is 26.3 Å². The Hall–Kier alpha value is -1.35. The van der Waals surface area contributed by atoms with Crippen LogP contribution in [-0.2, 0) is 11.3 Å². The number of carbonyl (C=O) groups is 1. The van der Waals surface area contributed by atoms with E-state index in [4.69, 9.17) is 0 Å².